The summed E-state index contributed by atoms with van der Waals surface area (Å²) in [4.78, 5) is 0. The Morgan fingerprint density at radius 1 is 1.14 bits per heavy atom. The highest BCUT2D eigenvalue weighted by Crippen LogP contribution is 2.30. The molecule has 116 valence electrons. The van der Waals surface area contributed by atoms with E-state index >= 15 is 0 Å². The summed E-state index contributed by atoms with van der Waals surface area (Å²) in [7, 11) is 1.61. The average molecular weight is 300 g/mol. The predicted octanol–water partition coefficient (Wildman–Crippen LogP) is 2.19. The number of ether oxygens (including phenoxy) is 2. The number of nitrogens with one attached hydrogen (secondary N) is 1. The van der Waals surface area contributed by atoms with Gasteiger partial charge >= 0.3 is 0 Å². The molecule has 0 spiro atoms. The van der Waals surface area contributed by atoms with Gasteiger partial charge in [-0.25, -0.2) is 0 Å². The van der Waals surface area contributed by atoms with Gasteiger partial charge in [-0.05, 0) is 17.7 Å². The summed E-state index contributed by atoms with van der Waals surface area (Å²) in [6.45, 7) is 0.889. The maximum atomic E-state index is 8.73. The molecule has 0 fully saturated rings. The number of aliphatic hydroxyl groups excluding tert-OH is 1. The maximum Gasteiger partial charge on any atom is 0.170 e. The molecule has 5 heteroatoms. The van der Waals surface area contributed by atoms with Crippen molar-refractivity contribution in [3.8, 4) is 11.5 Å². The van der Waals surface area contributed by atoms with Gasteiger partial charge in [-0.15, -0.1) is 0 Å². The molecular formula is C17H20N2O3. The van der Waals surface area contributed by atoms with Crippen LogP contribution >= 0.6 is 0 Å². The van der Waals surface area contributed by atoms with Gasteiger partial charge in [-0.1, -0.05) is 36.4 Å². The number of aliphatic hydroxyl groups is 1. The standard InChI is InChI=1S/C17H20N2O3/c1-21-16-9-5-8-15(12-19-18-10-11-20)17(16)22-13-14-6-3-2-4-7-14/h2-9,12,18,20H,10-11,13H2,1H3. The van der Waals surface area contributed by atoms with E-state index in [1.54, 1.807) is 13.3 Å². The number of rotatable bonds is 8. The van der Waals surface area contributed by atoms with E-state index in [-0.39, 0.29) is 6.61 Å². The lowest BCUT2D eigenvalue weighted by Crippen LogP contribution is -2.11. The van der Waals surface area contributed by atoms with Crippen molar-refractivity contribution < 1.29 is 14.6 Å². The van der Waals surface area contributed by atoms with Crippen LogP contribution in [0, 0.1) is 0 Å². The Bertz CT molecular complexity index is 600. The Balaban J connectivity index is 2.14. The highest BCUT2D eigenvalue weighted by molar-refractivity contribution is 5.84. The van der Waals surface area contributed by atoms with Crippen LogP contribution in [-0.2, 0) is 6.61 Å². The molecule has 2 aromatic carbocycles. The molecule has 0 bridgehead atoms. The quantitative estimate of drug-likeness (QED) is 0.446. The van der Waals surface area contributed by atoms with E-state index in [2.05, 4.69) is 10.5 Å². The van der Waals surface area contributed by atoms with Crippen molar-refractivity contribution in [2.45, 2.75) is 6.61 Å². The van der Waals surface area contributed by atoms with Crippen LogP contribution in [-0.4, -0.2) is 31.6 Å². The molecule has 0 radical (unpaired) electrons. The van der Waals surface area contributed by atoms with Crippen molar-refractivity contribution in [1.29, 1.82) is 0 Å². The minimum absolute atomic E-state index is 0.0345. The molecule has 0 atom stereocenters. The summed E-state index contributed by atoms with van der Waals surface area (Å²) in [5, 5.41) is 12.8. The van der Waals surface area contributed by atoms with Crippen LogP contribution in [0.3, 0.4) is 0 Å². The number of para-hydroxylation sites is 1. The first kappa shape index (κ1) is 15.9. The Labute approximate surface area is 130 Å². The Morgan fingerprint density at radius 2 is 1.95 bits per heavy atom. The zero-order chi connectivity index (χ0) is 15.6. The summed E-state index contributed by atoms with van der Waals surface area (Å²) in [5.74, 6) is 1.30. The second kappa shape index (κ2) is 8.69. The maximum absolute atomic E-state index is 8.73. The Kier molecular flexibility index (Phi) is 6.26. The molecule has 0 aliphatic rings. The smallest absolute Gasteiger partial charge is 0.170 e. The summed E-state index contributed by atoms with van der Waals surface area (Å²) in [6.07, 6.45) is 1.65. The van der Waals surface area contributed by atoms with Crippen LogP contribution in [0.25, 0.3) is 0 Å². The van der Waals surface area contributed by atoms with Crippen molar-refractivity contribution in [3.05, 3.63) is 59.7 Å². The highest BCUT2D eigenvalue weighted by atomic mass is 16.5. The van der Waals surface area contributed by atoms with E-state index in [1.165, 1.54) is 0 Å². The van der Waals surface area contributed by atoms with Gasteiger partial charge in [0.05, 0.1) is 26.5 Å². The first-order chi connectivity index (χ1) is 10.8. The molecular weight excluding hydrogens is 280 g/mol. The molecule has 2 rings (SSSR count). The van der Waals surface area contributed by atoms with Gasteiger partial charge in [0.25, 0.3) is 0 Å². The van der Waals surface area contributed by atoms with Crippen LogP contribution in [0.15, 0.2) is 53.6 Å². The number of methoxy groups -OCH3 is 1. The van der Waals surface area contributed by atoms with Crippen LogP contribution in [0.4, 0.5) is 0 Å². The van der Waals surface area contributed by atoms with Crippen molar-refractivity contribution in [3.63, 3.8) is 0 Å². The van der Waals surface area contributed by atoms with Crippen molar-refractivity contribution in [1.82, 2.24) is 5.43 Å². The molecule has 0 aliphatic heterocycles. The van der Waals surface area contributed by atoms with Crippen LogP contribution < -0.4 is 14.9 Å². The topological polar surface area (TPSA) is 63.1 Å². The molecule has 0 saturated carbocycles. The van der Waals surface area contributed by atoms with Gasteiger partial charge in [-0.3, -0.25) is 0 Å². The number of hydrazone groups is 1. The molecule has 0 heterocycles. The number of hydrogen-bond donors (Lipinski definition) is 2. The van der Waals surface area contributed by atoms with E-state index in [0.717, 1.165) is 11.1 Å². The van der Waals surface area contributed by atoms with E-state index in [1.807, 2.05) is 48.5 Å². The molecule has 5 nitrogen and oxygen atoms in total. The Hall–Kier alpha value is -2.53. The summed E-state index contributed by atoms with van der Waals surface area (Å²) in [6, 6.07) is 15.5. The van der Waals surface area contributed by atoms with Crippen LogP contribution in [0.1, 0.15) is 11.1 Å². The molecule has 0 aromatic heterocycles. The zero-order valence-electron chi connectivity index (χ0n) is 12.5. The Morgan fingerprint density at radius 3 is 2.68 bits per heavy atom. The summed E-state index contributed by atoms with van der Waals surface area (Å²) >= 11 is 0. The lowest BCUT2D eigenvalue weighted by Gasteiger charge is -2.13. The second-order valence-electron chi connectivity index (χ2n) is 4.54. The van der Waals surface area contributed by atoms with Gasteiger partial charge in [0.15, 0.2) is 11.5 Å². The normalized spacial score (nSPS) is 10.6. The number of benzene rings is 2. The summed E-state index contributed by atoms with van der Waals surface area (Å²) < 4.78 is 11.3. The van der Waals surface area contributed by atoms with Gasteiger partial charge in [0.1, 0.15) is 6.61 Å². The van der Waals surface area contributed by atoms with Crippen LogP contribution in [0.2, 0.25) is 0 Å². The highest BCUT2D eigenvalue weighted by Gasteiger charge is 2.09. The van der Waals surface area contributed by atoms with Gasteiger partial charge < -0.3 is 20.0 Å². The molecule has 0 aliphatic carbocycles. The monoisotopic (exact) mass is 300 g/mol. The number of hydrogen-bond acceptors (Lipinski definition) is 5. The second-order valence-corrected chi connectivity index (χ2v) is 4.54. The van der Waals surface area contributed by atoms with Gasteiger partial charge in [0, 0.05) is 5.56 Å². The molecule has 0 saturated heterocycles. The first-order valence-corrected chi connectivity index (χ1v) is 7.05. The molecule has 0 unspecified atom stereocenters. The van der Waals surface area contributed by atoms with E-state index in [0.29, 0.717) is 24.7 Å². The minimum Gasteiger partial charge on any atom is -0.493 e. The zero-order valence-corrected chi connectivity index (χ0v) is 12.5. The van der Waals surface area contributed by atoms with E-state index in [9.17, 15) is 0 Å². The fourth-order valence-electron chi connectivity index (χ4n) is 1.91. The average Bonchev–Trinajstić information content (AvgIpc) is 2.58. The predicted molar refractivity (Wildman–Crippen MR) is 86.5 cm³/mol. The van der Waals surface area contributed by atoms with Gasteiger partial charge in [-0.2, -0.15) is 5.10 Å². The lowest BCUT2D eigenvalue weighted by molar-refractivity contribution is 0.284. The van der Waals surface area contributed by atoms with Crippen molar-refractivity contribution in [2.24, 2.45) is 5.10 Å². The van der Waals surface area contributed by atoms with Crippen molar-refractivity contribution in [2.75, 3.05) is 20.3 Å². The molecule has 22 heavy (non-hydrogen) atoms. The fourth-order valence-corrected chi connectivity index (χ4v) is 1.91. The first-order valence-electron chi connectivity index (χ1n) is 7.05. The number of nitrogens with zero attached hydrogens (tertiary/aromatic N) is 1. The molecule has 0 amide bonds. The fraction of sp³-hybridized carbons (Fsp3) is 0.235. The minimum atomic E-state index is 0.0345. The van der Waals surface area contributed by atoms with Crippen LogP contribution in [0.5, 0.6) is 11.5 Å². The van der Waals surface area contributed by atoms with Crippen molar-refractivity contribution >= 4 is 6.21 Å². The van der Waals surface area contributed by atoms with E-state index < -0.39 is 0 Å². The largest absolute Gasteiger partial charge is 0.493 e. The van der Waals surface area contributed by atoms with E-state index in [4.69, 9.17) is 14.6 Å². The third-order valence-corrected chi connectivity index (χ3v) is 2.97. The SMILES string of the molecule is COc1cccc(C=NNCCO)c1OCc1ccccc1. The molecule has 2 N–H and O–H groups in total. The third kappa shape index (κ3) is 4.49. The molecule has 2 aromatic rings. The summed E-state index contributed by atoms with van der Waals surface area (Å²) in [5.41, 5.74) is 4.63. The third-order valence-electron chi connectivity index (χ3n) is 2.97. The van der Waals surface area contributed by atoms with Gasteiger partial charge in [0.2, 0.25) is 0 Å². The lowest BCUT2D eigenvalue weighted by atomic mass is 10.2.